The minimum Gasteiger partial charge on any atom is -0.352 e. The number of carbonyl (C=O) groups is 2. The van der Waals surface area contributed by atoms with Crippen LogP contribution in [-0.2, 0) is 11.2 Å². The van der Waals surface area contributed by atoms with Crippen LogP contribution in [0.5, 0.6) is 0 Å². The average Bonchev–Trinajstić information content (AvgIpc) is 2.94. The number of amides is 2. The van der Waals surface area contributed by atoms with Gasteiger partial charge in [0.1, 0.15) is 0 Å². The second-order valence-electron chi connectivity index (χ2n) is 8.62. The summed E-state index contributed by atoms with van der Waals surface area (Å²) in [4.78, 5) is 28.2. The van der Waals surface area contributed by atoms with Crippen LogP contribution in [0, 0.1) is 0 Å². The molecule has 0 atom stereocenters. The van der Waals surface area contributed by atoms with Crippen molar-refractivity contribution in [3.05, 3.63) is 138 Å². The molecule has 0 unspecified atom stereocenters. The second kappa shape index (κ2) is 12.6. The van der Waals surface area contributed by atoms with Gasteiger partial charge in [0.2, 0.25) is 5.91 Å². The third-order valence-electron chi connectivity index (χ3n) is 6.11. The van der Waals surface area contributed by atoms with E-state index in [4.69, 9.17) is 12.2 Å². The first-order valence-electron chi connectivity index (χ1n) is 12.1. The molecule has 4 rings (SSSR count). The molecule has 0 heterocycles. The second-order valence-corrected chi connectivity index (χ2v) is 9.00. The SMILES string of the molecule is CN(C(=S)NC(=O)C(c1ccccc1)c1ccccc1)c1ccccc1C(=O)NCCc1ccccc1. The van der Waals surface area contributed by atoms with Crippen molar-refractivity contribution in [3.8, 4) is 0 Å². The van der Waals surface area contributed by atoms with Gasteiger partial charge in [-0.2, -0.15) is 0 Å². The summed E-state index contributed by atoms with van der Waals surface area (Å²) < 4.78 is 0. The topological polar surface area (TPSA) is 61.4 Å². The largest absolute Gasteiger partial charge is 0.352 e. The van der Waals surface area contributed by atoms with Crippen molar-refractivity contribution in [1.29, 1.82) is 0 Å². The van der Waals surface area contributed by atoms with Gasteiger partial charge in [0.05, 0.1) is 17.2 Å². The third-order valence-corrected chi connectivity index (χ3v) is 6.49. The third kappa shape index (κ3) is 6.68. The van der Waals surface area contributed by atoms with Crippen LogP contribution in [0.4, 0.5) is 5.69 Å². The van der Waals surface area contributed by atoms with Gasteiger partial charge >= 0.3 is 0 Å². The molecule has 0 aliphatic carbocycles. The lowest BCUT2D eigenvalue weighted by Crippen LogP contribution is -2.43. The van der Waals surface area contributed by atoms with Crippen molar-refractivity contribution < 1.29 is 9.59 Å². The van der Waals surface area contributed by atoms with E-state index >= 15 is 0 Å². The number of nitrogens with zero attached hydrogens (tertiary/aromatic N) is 1. The van der Waals surface area contributed by atoms with Gasteiger partial charge in [-0.05, 0) is 47.5 Å². The molecule has 6 heteroatoms. The van der Waals surface area contributed by atoms with Crippen LogP contribution in [0.2, 0.25) is 0 Å². The van der Waals surface area contributed by atoms with E-state index in [-0.39, 0.29) is 16.9 Å². The Labute approximate surface area is 223 Å². The molecule has 2 N–H and O–H groups in total. The fourth-order valence-corrected chi connectivity index (χ4v) is 4.37. The van der Waals surface area contributed by atoms with E-state index in [1.165, 1.54) is 0 Å². The number of benzene rings is 4. The van der Waals surface area contributed by atoms with Crippen LogP contribution < -0.4 is 15.5 Å². The fraction of sp³-hybridized carbons (Fsp3) is 0.129. The molecule has 5 nitrogen and oxygen atoms in total. The van der Waals surface area contributed by atoms with Crippen LogP contribution in [-0.4, -0.2) is 30.5 Å². The van der Waals surface area contributed by atoms with Crippen LogP contribution in [0.25, 0.3) is 0 Å². The van der Waals surface area contributed by atoms with Gasteiger partial charge in [-0.15, -0.1) is 0 Å². The van der Waals surface area contributed by atoms with Crippen LogP contribution in [0.15, 0.2) is 115 Å². The standard InChI is InChI=1S/C31H29N3O2S/c1-34(27-20-12-11-19-26(27)29(35)32-22-21-23-13-5-2-6-14-23)31(37)33-30(36)28(24-15-7-3-8-16-24)25-17-9-4-10-18-25/h2-20,28H,21-22H2,1H3,(H,32,35)(H,33,36,37). The molecule has 186 valence electrons. The number of hydrogen-bond acceptors (Lipinski definition) is 3. The highest BCUT2D eigenvalue weighted by atomic mass is 32.1. The molecule has 4 aromatic carbocycles. The van der Waals surface area contributed by atoms with Crippen LogP contribution in [0.1, 0.15) is 33.0 Å². The maximum atomic E-state index is 13.5. The van der Waals surface area contributed by atoms with Gasteiger partial charge in [-0.25, -0.2) is 0 Å². The Morgan fingerprint density at radius 1 is 0.757 bits per heavy atom. The van der Waals surface area contributed by atoms with Gasteiger partial charge in [0.25, 0.3) is 5.91 Å². The first-order chi connectivity index (χ1) is 18.0. The van der Waals surface area contributed by atoms with Crippen molar-refractivity contribution in [2.75, 3.05) is 18.5 Å². The predicted molar refractivity (Wildman–Crippen MR) is 153 cm³/mol. The van der Waals surface area contributed by atoms with E-state index in [2.05, 4.69) is 10.6 Å². The Bertz CT molecular complexity index is 1310. The van der Waals surface area contributed by atoms with Crippen molar-refractivity contribution in [2.45, 2.75) is 12.3 Å². The predicted octanol–water partition coefficient (Wildman–Crippen LogP) is 5.33. The quantitative estimate of drug-likeness (QED) is 0.317. The summed E-state index contributed by atoms with van der Waals surface area (Å²) >= 11 is 5.61. The average molecular weight is 508 g/mol. The number of rotatable bonds is 8. The summed E-state index contributed by atoms with van der Waals surface area (Å²) in [6.07, 6.45) is 0.736. The highest BCUT2D eigenvalue weighted by molar-refractivity contribution is 7.80. The summed E-state index contributed by atoms with van der Waals surface area (Å²) in [7, 11) is 1.75. The smallest absolute Gasteiger partial charge is 0.253 e. The Kier molecular flexibility index (Phi) is 8.79. The maximum Gasteiger partial charge on any atom is 0.253 e. The normalized spacial score (nSPS) is 10.5. The lowest BCUT2D eigenvalue weighted by Gasteiger charge is -2.25. The van der Waals surface area contributed by atoms with Gasteiger partial charge in [0.15, 0.2) is 5.11 Å². The number of thiocarbonyl (C=S) groups is 1. The minimum absolute atomic E-state index is 0.195. The molecule has 2 amide bonds. The first-order valence-corrected chi connectivity index (χ1v) is 12.5. The van der Waals surface area contributed by atoms with Gasteiger partial charge in [0, 0.05) is 13.6 Å². The van der Waals surface area contributed by atoms with Crippen LogP contribution in [0.3, 0.4) is 0 Å². The van der Waals surface area contributed by atoms with E-state index in [0.29, 0.717) is 17.8 Å². The number of anilines is 1. The van der Waals surface area contributed by atoms with Crippen molar-refractivity contribution in [2.24, 2.45) is 0 Å². The Balaban J connectivity index is 1.47. The summed E-state index contributed by atoms with van der Waals surface area (Å²) in [6.45, 7) is 0.512. The summed E-state index contributed by atoms with van der Waals surface area (Å²) in [5, 5.41) is 6.09. The molecular weight excluding hydrogens is 478 g/mol. The molecule has 0 radical (unpaired) electrons. The number of hydrogen-bond donors (Lipinski definition) is 2. The maximum absolute atomic E-state index is 13.5. The molecule has 0 bridgehead atoms. The molecule has 0 fully saturated rings. The summed E-state index contributed by atoms with van der Waals surface area (Å²) in [5.74, 6) is -0.955. The number of para-hydroxylation sites is 1. The summed E-state index contributed by atoms with van der Waals surface area (Å²) in [5.41, 5.74) is 3.99. The molecule has 0 spiro atoms. The van der Waals surface area contributed by atoms with Gasteiger partial charge in [-0.3, -0.25) is 9.59 Å². The molecule has 0 saturated heterocycles. The number of nitrogens with one attached hydrogen (secondary N) is 2. The van der Waals surface area contributed by atoms with Crippen molar-refractivity contribution in [3.63, 3.8) is 0 Å². The first kappa shape index (κ1) is 25.8. The molecule has 4 aromatic rings. The van der Waals surface area contributed by atoms with Crippen molar-refractivity contribution in [1.82, 2.24) is 10.6 Å². The molecule has 0 aliphatic heterocycles. The van der Waals surface area contributed by atoms with E-state index in [9.17, 15) is 9.59 Å². The zero-order chi connectivity index (χ0) is 26.0. The zero-order valence-electron chi connectivity index (χ0n) is 20.6. The van der Waals surface area contributed by atoms with E-state index in [0.717, 1.165) is 23.1 Å². The van der Waals surface area contributed by atoms with Crippen molar-refractivity contribution >= 4 is 34.8 Å². The Morgan fingerprint density at radius 3 is 1.86 bits per heavy atom. The van der Waals surface area contributed by atoms with E-state index in [1.54, 1.807) is 18.0 Å². The lowest BCUT2D eigenvalue weighted by atomic mass is 9.90. The molecule has 37 heavy (non-hydrogen) atoms. The lowest BCUT2D eigenvalue weighted by molar-refractivity contribution is -0.120. The molecule has 0 aliphatic rings. The van der Waals surface area contributed by atoms with Crippen LogP contribution >= 0.6 is 12.2 Å². The fourth-order valence-electron chi connectivity index (χ4n) is 4.18. The Morgan fingerprint density at radius 2 is 1.27 bits per heavy atom. The van der Waals surface area contributed by atoms with Gasteiger partial charge in [-0.1, -0.05) is 103 Å². The molecule has 0 saturated carbocycles. The Hall–Kier alpha value is -4.29. The highest BCUT2D eigenvalue weighted by Gasteiger charge is 2.25. The van der Waals surface area contributed by atoms with E-state index < -0.39 is 5.92 Å². The zero-order valence-corrected chi connectivity index (χ0v) is 21.4. The minimum atomic E-state index is -0.523. The molecule has 0 aromatic heterocycles. The van der Waals surface area contributed by atoms with E-state index in [1.807, 2.05) is 109 Å². The molecular formula is C31H29N3O2S. The number of carbonyl (C=O) groups excluding carboxylic acids is 2. The summed E-state index contributed by atoms with van der Waals surface area (Å²) in [6, 6.07) is 36.4. The monoisotopic (exact) mass is 507 g/mol. The highest BCUT2D eigenvalue weighted by Crippen LogP contribution is 2.25. The van der Waals surface area contributed by atoms with Gasteiger partial charge < -0.3 is 15.5 Å².